The van der Waals surface area contributed by atoms with Crippen molar-refractivity contribution in [2.75, 3.05) is 0 Å². The second kappa shape index (κ2) is 4.44. The predicted molar refractivity (Wildman–Crippen MR) is 43.0 cm³/mol. The predicted octanol–water partition coefficient (Wildman–Crippen LogP) is 1.18. The average Bonchev–Trinajstić information content (AvgIpc) is 2.20. The van der Waals surface area contributed by atoms with Gasteiger partial charge < -0.3 is 5.43 Å². The van der Waals surface area contributed by atoms with Gasteiger partial charge >= 0.3 is 0 Å². The van der Waals surface area contributed by atoms with Crippen LogP contribution in [0.15, 0.2) is 11.7 Å². The first-order valence-electron chi connectivity index (χ1n) is 3.49. The third-order valence-corrected chi connectivity index (χ3v) is 0.997. The number of rotatable bonds is 0. The SMILES string of the molecule is CB1C=C(C)NN1.CC. The van der Waals surface area contributed by atoms with Gasteiger partial charge in [0, 0.05) is 5.70 Å². The maximum atomic E-state index is 3.03. The summed E-state index contributed by atoms with van der Waals surface area (Å²) in [6.45, 7) is 8.64. The first-order valence-corrected chi connectivity index (χ1v) is 3.49. The summed E-state index contributed by atoms with van der Waals surface area (Å²) in [4.78, 5) is 0. The fraction of sp³-hybridized carbons (Fsp3) is 0.667. The highest BCUT2D eigenvalue weighted by molar-refractivity contribution is 6.60. The number of hydrazine groups is 1. The van der Waals surface area contributed by atoms with Crippen LogP contribution in [0, 0.1) is 0 Å². The summed E-state index contributed by atoms with van der Waals surface area (Å²) in [5.74, 6) is 2.14. The molecule has 52 valence electrons. The van der Waals surface area contributed by atoms with Gasteiger partial charge in [0.05, 0.1) is 0 Å². The Morgan fingerprint density at radius 1 is 1.44 bits per heavy atom. The highest BCUT2D eigenvalue weighted by atomic mass is 15.3. The summed E-state index contributed by atoms with van der Waals surface area (Å²) < 4.78 is 0. The summed E-state index contributed by atoms with van der Waals surface area (Å²) in [6, 6.07) is 0. The van der Waals surface area contributed by atoms with Crippen LogP contribution in [-0.2, 0) is 0 Å². The Balaban J connectivity index is 0.000000291. The van der Waals surface area contributed by atoms with E-state index in [2.05, 4.69) is 23.6 Å². The third-order valence-electron chi connectivity index (χ3n) is 0.997. The van der Waals surface area contributed by atoms with E-state index in [9.17, 15) is 0 Å². The molecule has 3 heteroatoms. The minimum atomic E-state index is 0.500. The van der Waals surface area contributed by atoms with Crippen molar-refractivity contribution in [1.82, 2.24) is 10.8 Å². The van der Waals surface area contributed by atoms with Crippen LogP contribution in [0.25, 0.3) is 0 Å². The van der Waals surface area contributed by atoms with Crippen LogP contribution in [0.5, 0.6) is 0 Å². The van der Waals surface area contributed by atoms with Crippen molar-refractivity contribution >= 4 is 6.85 Å². The van der Waals surface area contributed by atoms with E-state index < -0.39 is 0 Å². The normalized spacial score (nSPS) is 15.6. The Kier molecular flexibility index (Phi) is 4.23. The van der Waals surface area contributed by atoms with Gasteiger partial charge in [0.1, 0.15) is 0 Å². The number of allylic oxidation sites excluding steroid dienone is 1. The molecule has 2 nitrogen and oxygen atoms in total. The Bertz CT molecular complexity index is 101. The lowest BCUT2D eigenvalue weighted by Gasteiger charge is -1.95. The molecule has 0 aromatic heterocycles. The molecule has 0 unspecified atom stereocenters. The van der Waals surface area contributed by atoms with Crippen molar-refractivity contribution in [3.8, 4) is 0 Å². The number of nitrogens with one attached hydrogen (secondary N) is 2. The van der Waals surface area contributed by atoms with Crippen LogP contribution in [-0.4, -0.2) is 6.85 Å². The summed E-state index contributed by atoms with van der Waals surface area (Å²) in [5.41, 5.74) is 4.20. The van der Waals surface area contributed by atoms with Crippen molar-refractivity contribution in [3.63, 3.8) is 0 Å². The van der Waals surface area contributed by atoms with Crippen LogP contribution >= 0.6 is 0 Å². The van der Waals surface area contributed by atoms with E-state index in [0.717, 1.165) is 0 Å². The van der Waals surface area contributed by atoms with Gasteiger partial charge in [-0.1, -0.05) is 26.6 Å². The van der Waals surface area contributed by atoms with Crippen molar-refractivity contribution in [2.45, 2.75) is 27.6 Å². The highest BCUT2D eigenvalue weighted by Gasteiger charge is 2.07. The Morgan fingerprint density at radius 3 is 2.11 bits per heavy atom. The molecule has 1 aliphatic heterocycles. The van der Waals surface area contributed by atoms with E-state index >= 15 is 0 Å². The molecule has 0 bridgehead atoms. The zero-order valence-corrected chi connectivity index (χ0v) is 6.65. The summed E-state index contributed by atoms with van der Waals surface area (Å²) in [6.07, 6.45) is 0. The maximum absolute atomic E-state index is 3.03. The lowest BCUT2D eigenvalue weighted by atomic mass is 9.67. The lowest BCUT2D eigenvalue weighted by Crippen LogP contribution is -2.32. The van der Waals surface area contributed by atoms with Crippen LogP contribution in [0.1, 0.15) is 20.8 Å². The molecule has 0 amide bonds. The van der Waals surface area contributed by atoms with E-state index in [0.29, 0.717) is 6.85 Å². The molecule has 0 aliphatic carbocycles. The van der Waals surface area contributed by atoms with Crippen LogP contribution < -0.4 is 10.8 Å². The summed E-state index contributed by atoms with van der Waals surface area (Å²) in [7, 11) is 0. The molecule has 0 radical (unpaired) electrons. The van der Waals surface area contributed by atoms with Crippen LogP contribution in [0.2, 0.25) is 6.82 Å². The van der Waals surface area contributed by atoms with Gasteiger partial charge in [-0.2, -0.15) is 0 Å². The molecule has 0 saturated carbocycles. The Labute approximate surface area is 57.8 Å². The van der Waals surface area contributed by atoms with Gasteiger partial charge in [0.15, 0.2) is 0 Å². The quantitative estimate of drug-likeness (QED) is 0.476. The largest absolute Gasteiger partial charge is 0.337 e. The van der Waals surface area contributed by atoms with Gasteiger partial charge in [-0.05, 0) is 6.92 Å². The van der Waals surface area contributed by atoms with E-state index in [4.69, 9.17) is 0 Å². The van der Waals surface area contributed by atoms with E-state index in [-0.39, 0.29) is 0 Å². The molecule has 1 aliphatic rings. The van der Waals surface area contributed by atoms with Gasteiger partial charge in [0.2, 0.25) is 0 Å². The van der Waals surface area contributed by atoms with Crippen LogP contribution in [0.4, 0.5) is 0 Å². The summed E-state index contributed by atoms with van der Waals surface area (Å²) >= 11 is 0. The zero-order chi connectivity index (χ0) is 7.28. The Hall–Kier alpha value is -0.435. The maximum Gasteiger partial charge on any atom is 0.267 e. The lowest BCUT2D eigenvalue weighted by molar-refractivity contribution is 0.811. The topological polar surface area (TPSA) is 24.1 Å². The first-order chi connectivity index (χ1) is 4.29. The first kappa shape index (κ1) is 8.56. The van der Waals surface area contributed by atoms with Crippen molar-refractivity contribution in [2.24, 2.45) is 0 Å². The molecule has 1 heterocycles. The summed E-state index contributed by atoms with van der Waals surface area (Å²) in [5, 5.41) is 3.03. The fourth-order valence-corrected chi connectivity index (χ4v) is 0.686. The van der Waals surface area contributed by atoms with Crippen molar-refractivity contribution < 1.29 is 0 Å². The molecule has 1 rings (SSSR count). The van der Waals surface area contributed by atoms with E-state index in [1.807, 2.05) is 20.8 Å². The molecule has 9 heavy (non-hydrogen) atoms. The third kappa shape index (κ3) is 3.19. The molecule has 0 aromatic carbocycles. The second-order valence-electron chi connectivity index (χ2n) is 1.91. The van der Waals surface area contributed by atoms with Gasteiger partial charge in [-0.3, -0.25) is 5.34 Å². The zero-order valence-electron chi connectivity index (χ0n) is 6.65. The molecule has 0 spiro atoms. The number of hydrogen-bond acceptors (Lipinski definition) is 2. The molecule has 2 N–H and O–H groups in total. The van der Waals surface area contributed by atoms with E-state index in [1.165, 1.54) is 5.70 Å². The molecule has 0 aromatic rings. The average molecular weight is 126 g/mol. The molecule has 0 saturated heterocycles. The van der Waals surface area contributed by atoms with Gasteiger partial charge in [0.25, 0.3) is 6.85 Å². The fourth-order valence-electron chi connectivity index (χ4n) is 0.686. The molecular formula is C6H15BN2. The molecular weight excluding hydrogens is 111 g/mol. The standard InChI is InChI=1S/C4H9BN2.C2H6/c1-4-3-5(2)7-6-4;1-2/h3,6-7H,1-2H3;1-2H3. The minimum absolute atomic E-state index is 0.500. The smallest absolute Gasteiger partial charge is 0.267 e. The van der Waals surface area contributed by atoms with Crippen molar-refractivity contribution in [3.05, 3.63) is 11.7 Å². The van der Waals surface area contributed by atoms with Gasteiger partial charge in [-0.25, -0.2) is 0 Å². The van der Waals surface area contributed by atoms with Crippen LogP contribution in [0.3, 0.4) is 0 Å². The molecule has 0 atom stereocenters. The molecule has 0 fully saturated rings. The van der Waals surface area contributed by atoms with Gasteiger partial charge in [-0.15, -0.1) is 0 Å². The number of hydrogen-bond donors (Lipinski definition) is 2. The second-order valence-corrected chi connectivity index (χ2v) is 1.91. The monoisotopic (exact) mass is 126 g/mol. The highest BCUT2D eigenvalue weighted by Crippen LogP contribution is 1.92. The van der Waals surface area contributed by atoms with E-state index in [1.54, 1.807) is 0 Å². The Morgan fingerprint density at radius 2 is 2.00 bits per heavy atom. The minimum Gasteiger partial charge on any atom is -0.337 e. The van der Waals surface area contributed by atoms with Crippen molar-refractivity contribution in [1.29, 1.82) is 0 Å².